The maximum Gasteiger partial charge on any atom is 0.256 e. The normalized spacial score (nSPS) is 16.1. The highest BCUT2D eigenvalue weighted by Crippen LogP contribution is 2.43. The average molecular weight is 380 g/mol. The summed E-state index contributed by atoms with van der Waals surface area (Å²) in [5, 5.41) is 5.80. The fourth-order valence-electron chi connectivity index (χ4n) is 3.57. The van der Waals surface area contributed by atoms with Crippen LogP contribution >= 0.6 is 11.6 Å². The third-order valence-corrected chi connectivity index (χ3v) is 5.60. The van der Waals surface area contributed by atoms with E-state index in [1.807, 2.05) is 30.5 Å². The van der Waals surface area contributed by atoms with Crippen molar-refractivity contribution in [2.45, 2.75) is 32.6 Å². The Morgan fingerprint density at radius 3 is 2.63 bits per heavy atom. The summed E-state index contributed by atoms with van der Waals surface area (Å²) in [7, 11) is 0. The Hall–Kier alpha value is -2.59. The van der Waals surface area contributed by atoms with E-state index in [4.69, 9.17) is 16.6 Å². The molecule has 2 N–H and O–H groups in total. The van der Waals surface area contributed by atoms with E-state index in [1.165, 1.54) is 6.42 Å². The summed E-state index contributed by atoms with van der Waals surface area (Å²) in [4.78, 5) is 20.7. The van der Waals surface area contributed by atoms with Crippen LogP contribution in [0.3, 0.4) is 0 Å². The van der Waals surface area contributed by atoms with Crippen LogP contribution in [-0.2, 0) is 0 Å². The molecule has 0 atom stereocenters. The molecule has 0 aliphatic heterocycles. The molecule has 0 radical (unpaired) electrons. The number of carbonyl (C=O) groups is 1. The SMILES string of the molecule is CC1(CC(=Nc2[nH]cc3ccccc23)NC(=O)c2ccc(Cl)cc2)CCC1. The van der Waals surface area contributed by atoms with E-state index >= 15 is 0 Å². The molecule has 0 spiro atoms. The van der Waals surface area contributed by atoms with Crippen LogP contribution in [0.15, 0.2) is 59.7 Å². The summed E-state index contributed by atoms with van der Waals surface area (Å²) >= 11 is 5.93. The second kappa shape index (κ2) is 7.20. The molecule has 1 amide bonds. The van der Waals surface area contributed by atoms with Crippen LogP contribution in [0.25, 0.3) is 10.8 Å². The lowest BCUT2D eigenvalue weighted by Crippen LogP contribution is -2.37. The maximum absolute atomic E-state index is 12.7. The topological polar surface area (TPSA) is 57.2 Å². The number of aromatic nitrogens is 1. The summed E-state index contributed by atoms with van der Waals surface area (Å²) < 4.78 is 0. The highest BCUT2D eigenvalue weighted by Gasteiger charge is 2.33. The smallest absolute Gasteiger partial charge is 0.256 e. The van der Waals surface area contributed by atoms with Crippen LogP contribution < -0.4 is 5.32 Å². The molecule has 2 aromatic carbocycles. The second-order valence-corrected chi connectivity index (χ2v) is 8.02. The summed E-state index contributed by atoms with van der Waals surface area (Å²) in [6, 6.07) is 15.0. The van der Waals surface area contributed by atoms with Gasteiger partial charge in [-0.1, -0.05) is 49.2 Å². The van der Waals surface area contributed by atoms with Gasteiger partial charge in [0.1, 0.15) is 11.7 Å². The van der Waals surface area contributed by atoms with Gasteiger partial charge in [0.05, 0.1) is 0 Å². The Morgan fingerprint density at radius 2 is 1.93 bits per heavy atom. The van der Waals surface area contributed by atoms with Crippen LogP contribution in [0, 0.1) is 5.41 Å². The molecule has 1 aromatic heterocycles. The van der Waals surface area contributed by atoms with E-state index in [1.54, 1.807) is 24.3 Å². The van der Waals surface area contributed by atoms with E-state index in [0.29, 0.717) is 16.4 Å². The van der Waals surface area contributed by atoms with E-state index in [2.05, 4.69) is 17.2 Å². The van der Waals surface area contributed by atoms with Crippen LogP contribution in [0.4, 0.5) is 5.82 Å². The molecule has 1 heterocycles. The number of aromatic amines is 1. The molecule has 1 aliphatic rings. The van der Waals surface area contributed by atoms with Gasteiger partial charge in [-0.3, -0.25) is 4.79 Å². The molecule has 5 heteroatoms. The molecule has 0 saturated heterocycles. The summed E-state index contributed by atoms with van der Waals surface area (Å²) in [5.74, 6) is 1.31. The summed E-state index contributed by atoms with van der Waals surface area (Å²) in [6.45, 7) is 2.26. The van der Waals surface area contributed by atoms with Gasteiger partial charge in [0, 0.05) is 34.0 Å². The number of benzene rings is 2. The number of carbonyl (C=O) groups excluding carboxylic acids is 1. The van der Waals surface area contributed by atoms with Gasteiger partial charge in [-0.05, 0) is 42.5 Å². The van der Waals surface area contributed by atoms with Gasteiger partial charge in [0.2, 0.25) is 0 Å². The number of amidine groups is 1. The van der Waals surface area contributed by atoms with Crippen molar-refractivity contribution in [1.82, 2.24) is 10.3 Å². The first-order valence-electron chi connectivity index (χ1n) is 9.23. The number of nitrogens with one attached hydrogen (secondary N) is 2. The minimum absolute atomic E-state index is 0.163. The number of hydrogen-bond acceptors (Lipinski definition) is 2. The number of fused-ring (bicyclic) bond motifs is 1. The molecule has 4 nitrogen and oxygen atoms in total. The van der Waals surface area contributed by atoms with E-state index in [9.17, 15) is 4.79 Å². The largest absolute Gasteiger partial charge is 0.345 e. The minimum Gasteiger partial charge on any atom is -0.345 e. The summed E-state index contributed by atoms with van der Waals surface area (Å²) in [5.41, 5.74) is 0.774. The average Bonchev–Trinajstić information content (AvgIpc) is 3.04. The number of H-pyrrole nitrogens is 1. The van der Waals surface area contributed by atoms with Gasteiger partial charge in [0.25, 0.3) is 5.91 Å². The van der Waals surface area contributed by atoms with Crippen molar-refractivity contribution in [3.8, 4) is 0 Å². The molecule has 1 fully saturated rings. The third kappa shape index (κ3) is 3.91. The van der Waals surface area contributed by atoms with Crippen molar-refractivity contribution >= 4 is 39.9 Å². The fourth-order valence-corrected chi connectivity index (χ4v) is 3.69. The Balaban J connectivity index is 1.64. The van der Waals surface area contributed by atoms with Gasteiger partial charge >= 0.3 is 0 Å². The Labute approximate surface area is 163 Å². The van der Waals surface area contributed by atoms with Gasteiger partial charge < -0.3 is 10.3 Å². The molecule has 1 aliphatic carbocycles. The zero-order valence-corrected chi connectivity index (χ0v) is 16.0. The van der Waals surface area contributed by atoms with E-state index in [-0.39, 0.29) is 11.3 Å². The minimum atomic E-state index is -0.163. The Morgan fingerprint density at radius 1 is 1.19 bits per heavy atom. The predicted octanol–water partition coefficient (Wildman–Crippen LogP) is 5.86. The molecular formula is C22H22ClN3O. The Bertz CT molecular complexity index is 1000. The molecule has 27 heavy (non-hydrogen) atoms. The van der Waals surface area contributed by atoms with E-state index < -0.39 is 0 Å². The standard InChI is InChI=1S/C22H22ClN3O/c1-22(11-4-12-22)13-19(26-21(27)15-7-9-17(23)10-8-15)25-20-18-6-3-2-5-16(18)14-24-20/h2-3,5-10,14,24H,4,11-13H2,1H3,(H,25,26,27). The fraction of sp³-hybridized carbons (Fsp3) is 0.273. The number of rotatable bonds is 4. The predicted molar refractivity (Wildman–Crippen MR) is 111 cm³/mol. The third-order valence-electron chi connectivity index (χ3n) is 5.35. The zero-order valence-electron chi connectivity index (χ0n) is 15.3. The van der Waals surface area contributed by atoms with Gasteiger partial charge in [-0.25, -0.2) is 4.99 Å². The van der Waals surface area contributed by atoms with Gasteiger partial charge in [-0.2, -0.15) is 0 Å². The van der Waals surface area contributed by atoms with Crippen molar-refractivity contribution in [1.29, 1.82) is 0 Å². The number of aliphatic imine (C=N–C) groups is 1. The molecule has 138 valence electrons. The lowest BCUT2D eigenvalue weighted by atomic mass is 9.68. The molecule has 4 rings (SSSR count). The van der Waals surface area contributed by atoms with Gasteiger partial charge in [-0.15, -0.1) is 0 Å². The van der Waals surface area contributed by atoms with Gasteiger partial charge in [0.15, 0.2) is 0 Å². The molecule has 1 saturated carbocycles. The highest BCUT2D eigenvalue weighted by atomic mass is 35.5. The molecule has 0 bridgehead atoms. The number of amides is 1. The number of halogens is 1. The van der Waals surface area contributed by atoms with Crippen molar-refractivity contribution in [2.75, 3.05) is 0 Å². The Kier molecular flexibility index (Phi) is 4.75. The van der Waals surface area contributed by atoms with Crippen LogP contribution in [-0.4, -0.2) is 16.7 Å². The second-order valence-electron chi connectivity index (χ2n) is 7.59. The molecule has 0 unspecified atom stereocenters. The van der Waals surface area contributed by atoms with Crippen molar-refractivity contribution < 1.29 is 4.79 Å². The zero-order chi connectivity index (χ0) is 18.9. The monoisotopic (exact) mass is 379 g/mol. The summed E-state index contributed by atoms with van der Waals surface area (Å²) in [6.07, 6.45) is 6.25. The molecule has 3 aromatic rings. The van der Waals surface area contributed by atoms with Crippen molar-refractivity contribution in [3.63, 3.8) is 0 Å². The van der Waals surface area contributed by atoms with Crippen LogP contribution in [0.5, 0.6) is 0 Å². The van der Waals surface area contributed by atoms with Crippen molar-refractivity contribution in [3.05, 3.63) is 65.3 Å². The lowest BCUT2D eigenvalue weighted by Gasteiger charge is -2.38. The number of hydrogen-bond donors (Lipinski definition) is 2. The first kappa shape index (κ1) is 17.8. The van der Waals surface area contributed by atoms with Crippen LogP contribution in [0.1, 0.15) is 43.0 Å². The first-order chi connectivity index (χ1) is 13.0. The lowest BCUT2D eigenvalue weighted by molar-refractivity contribution is 0.0973. The molecular weight excluding hydrogens is 358 g/mol. The quantitative estimate of drug-likeness (QED) is 0.432. The maximum atomic E-state index is 12.7. The van der Waals surface area contributed by atoms with E-state index in [0.717, 1.165) is 35.9 Å². The number of nitrogens with zero attached hydrogens (tertiary/aromatic N) is 1. The van der Waals surface area contributed by atoms with Crippen molar-refractivity contribution in [2.24, 2.45) is 10.4 Å². The van der Waals surface area contributed by atoms with Crippen LogP contribution in [0.2, 0.25) is 5.02 Å². The highest BCUT2D eigenvalue weighted by molar-refractivity contribution is 6.30. The first-order valence-corrected chi connectivity index (χ1v) is 9.61.